The third-order valence-corrected chi connectivity index (χ3v) is 3.25. The number of hydrogen-bond donors (Lipinski definition) is 0. The van der Waals surface area contributed by atoms with Crippen LogP contribution in [-0.2, 0) is 6.54 Å². The fourth-order valence-electron chi connectivity index (χ4n) is 1.58. The Labute approximate surface area is 121 Å². The minimum atomic E-state index is -0.710. The molecule has 1 heterocycles. The molecule has 0 amide bonds. The molecule has 0 radical (unpaired) electrons. The summed E-state index contributed by atoms with van der Waals surface area (Å²) >= 11 is 11.3. The molecule has 0 atom stereocenters. The van der Waals surface area contributed by atoms with E-state index in [0.717, 1.165) is 29.1 Å². The van der Waals surface area contributed by atoms with Crippen LogP contribution in [-0.4, -0.2) is 14.7 Å². The zero-order valence-corrected chi connectivity index (χ0v) is 11.2. The van der Waals surface area contributed by atoms with Crippen molar-refractivity contribution in [2.75, 3.05) is 0 Å². The van der Waals surface area contributed by atoms with Crippen molar-refractivity contribution in [3.8, 4) is 0 Å². The van der Waals surface area contributed by atoms with Crippen molar-refractivity contribution in [3.05, 3.63) is 66.3 Å². The molecule has 0 unspecified atom stereocenters. The lowest BCUT2D eigenvalue weighted by atomic mass is 10.2. The van der Waals surface area contributed by atoms with Crippen LogP contribution in [0.5, 0.6) is 0 Å². The van der Waals surface area contributed by atoms with Crippen LogP contribution in [0.4, 0.5) is 10.1 Å². The fourth-order valence-corrected chi connectivity index (χ4v) is 1.85. The van der Waals surface area contributed by atoms with Gasteiger partial charge in [0, 0.05) is 6.07 Å². The average molecular weight is 318 g/mol. The van der Waals surface area contributed by atoms with E-state index in [0.29, 0.717) is 0 Å². The van der Waals surface area contributed by atoms with Gasteiger partial charge in [-0.2, -0.15) is 5.10 Å². The highest BCUT2D eigenvalue weighted by molar-refractivity contribution is 6.41. The van der Waals surface area contributed by atoms with Gasteiger partial charge in [-0.05, 0) is 12.1 Å². The largest absolute Gasteiger partial charge is 0.287 e. The average Bonchev–Trinajstić information content (AvgIpc) is 2.39. The third kappa shape index (κ3) is 2.78. The molecule has 0 saturated heterocycles. The molecule has 0 spiro atoms. The van der Waals surface area contributed by atoms with Crippen molar-refractivity contribution in [2.24, 2.45) is 0 Å². The summed E-state index contributed by atoms with van der Waals surface area (Å²) in [5.41, 5.74) is -1.02. The summed E-state index contributed by atoms with van der Waals surface area (Å²) < 4.78 is 14.1. The van der Waals surface area contributed by atoms with Gasteiger partial charge in [-0.15, -0.1) is 0 Å². The quantitative estimate of drug-likeness (QED) is 0.644. The molecule has 9 heteroatoms. The van der Waals surface area contributed by atoms with Gasteiger partial charge in [-0.1, -0.05) is 23.2 Å². The van der Waals surface area contributed by atoms with Crippen LogP contribution in [0.1, 0.15) is 5.56 Å². The van der Waals surface area contributed by atoms with E-state index in [1.807, 2.05) is 0 Å². The molecule has 6 nitrogen and oxygen atoms in total. The molecule has 0 fully saturated rings. The molecular weight excluding hydrogens is 312 g/mol. The molecule has 1 aromatic carbocycles. The predicted molar refractivity (Wildman–Crippen MR) is 70.7 cm³/mol. The second-order valence-corrected chi connectivity index (χ2v) is 4.58. The second-order valence-electron chi connectivity index (χ2n) is 3.80. The fraction of sp³-hybridized carbons (Fsp3) is 0.0909. The van der Waals surface area contributed by atoms with E-state index in [1.165, 1.54) is 0 Å². The van der Waals surface area contributed by atoms with Crippen LogP contribution in [0.15, 0.2) is 29.2 Å². The number of halogens is 3. The Kier molecular flexibility index (Phi) is 4.01. The molecule has 0 aliphatic heterocycles. The molecule has 0 saturated carbocycles. The van der Waals surface area contributed by atoms with Crippen LogP contribution >= 0.6 is 23.2 Å². The summed E-state index contributed by atoms with van der Waals surface area (Å²) in [6, 6.07) is 2.95. The normalized spacial score (nSPS) is 10.6. The van der Waals surface area contributed by atoms with Gasteiger partial charge in [-0.3, -0.25) is 14.9 Å². The first-order valence-electron chi connectivity index (χ1n) is 5.24. The Morgan fingerprint density at radius 3 is 2.75 bits per heavy atom. The minimum Gasteiger partial charge on any atom is -0.266 e. The lowest BCUT2D eigenvalue weighted by molar-refractivity contribution is -0.385. The SMILES string of the molecule is O=c1c(Cl)c(Cl)cnn1Cc1cc(F)ccc1[N+](=O)[O-]. The smallest absolute Gasteiger partial charge is 0.266 e. The maximum atomic E-state index is 13.2. The van der Waals surface area contributed by atoms with Crippen molar-refractivity contribution >= 4 is 28.9 Å². The highest BCUT2D eigenvalue weighted by Gasteiger charge is 2.17. The summed E-state index contributed by atoms with van der Waals surface area (Å²) in [5, 5.41) is 14.3. The van der Waals surface area contributed by atoms with E-state index in [-0.39, 0.29) is 27.8 Å². The van der Waals surface area contributed by atoms with Crippen molar-refractivity contribution < 1.29 is 9.31 Å². The molecule has 0 aliphatic carbocycles. The summed E-state index contributed by atoms with van der Waals surface area (Å²) in [7, 11) is 0. The van der Waals surface area contributed by atoms with E-state index in [2.05, 4.69) is 5.10 Å². The lowest BCUT2D eigenvalue weighted by Crippen LogP contribution is -2.24. The third-order valence-electron chi connectivity index (χ3n) is 2.50. The van der Waals surface area contributed by atoms with Crippen LogP contribution in [0, 0.1) is 15.9 Å². The van der Waals surface area contributed by atoms with Crippen molar-refractivity contribution in [2.45, 2.75) is 6.54 Å². The van der Waals surface area contributed by atoms with Crippen LogP contribution in [0.2, 0.25) is 10.0 Å². The topological polar surface area (TPSA) is 78.0 Å². The van der Waals surface area contributed by atoms with Gasteiger partial charge < -0.3 is 0 Å². The predicted octanol–water partition coefficient (Wildman–Crippen LogP) is 2.65. The Bertz CT molecular complexity index is 748. The lowest BCUT2D eigenvalue weighted by Gasteiger charge is -2.06. The van der Waals surface area contributed by atoms with Crippen LogP contribution < -0.4 is 5.56 Å². The van der Waals surface area contributed by atoms with Gasteiger partial charge in [0.05, 0.1) is 28.3 Å². The Morgan fingerprint density at radius 2 is 2.10 bits per heavy atom. The molecule has 0 bridgehead atoms. The van der Waals surface area contributed by atoms with Gasteiger partial charge in [0.1, 0.15) is 10.8 Å². The van der Waals surface area contributed by atoms with Gasteiger partial charge >= 0.3 is 0 Å². The second kappa shape index (κ2) is 5.56. The number of benzene rings is 1. The van der Waals surface area contributed by atoms with Gasteiger partial charge in [0.2, 0.25) is 0 Å². The molecule has 0 N–H and O–H groups in total. The molecule has 1 aromatic heterocycles. The molecule has 20 heavy (non-hydrogen) atoms. The Balaban J connectivity index is 2.50. The minimum absolute atomic E-state index is 0.00277. The highest BCUT2D eigenvalue weighted by atomic mass is 35.5. The molecule has 2 rings (SSSR count). The van der Waals surface area contributed by atoms with Crippen molar-refractivity contribution in [3.63, 3.8) is 0 Å². The first kappa shape index (κ1) is 14.4. The monoisotopic (exact) mass is 317 g/mol. The van der Waals surface area contributed by atoms with Gasteiger partial charge in [-0.25, -0.2) is 9.07 Å². The number of nitro benzene ring substituents is 1. The molecule has 104 valence electrons. The standard InChI is InChI=1S/C11H6Cl2FN3O3/c12-8-4-15-16(11(18)10(8)13)5-6-3-7(14)1-2-9(6)17(19)20/h1-4H,5H2. The first-order chi connectivity index (χ1) is 9.40. The first-order valence-corrected chi connectivity index (χ1v) is 5.99. The zero-order valence-electron chi connectivity index (χ0n) is 9.72. The van der Waals surface area contributed by atoms with Crippen molar-refractivity contribution in [1.82, 2.24) is 9.78 Å². The maximum absolute atomic E-state index is 13.2. The van der Waals surface area contributed by atoms with E-state index in [4.69, 9.17) is 23.2 Å². The van der Waals surface area contributed by atoms with Crippen LogP contribution in [0.3, 0.4) is 0 Å². The van der Waals surface area contributed by atoms with E-state index in [9.17, 15) is 19.3 Å². The Hall–Kier alpha value is -1.99. The van der Waals surface area contributed by atoms with Gasteiger partial charge in [0.25, 0.3) is 11.2 Å². The molecule has 2 aromatic rings. The van der Waals surface area contributed by atoms with Crippen LogP contribution in [0.25, 0.3) is 0 Å². The van der Waals surface area contributed by atoms with E-state index < -0.39 is 16.3 Å². The Morgan fingerprint density at radius 1 is 1.40 bits per heavy atom. The summed E-state index contributed by atoms with van der Waals surface area (Å²) in [4.78, 5) is 22.0. The summed E-state index contributed by atoms with van der Waals surface area (Å²) in [6.07, 6.45) is 1.14. The van der Waals surface area contributed by atoms with E-state index in [1.54, 1.807) is 0 Å². The number of nitrogens with zero attached hydrogens (tertiary/aromatic N) is 3. The molecule has 0 aliphatic rings. The summed E-state index contributed by atoms with van der Waals surface area (Å²) in [5.74, 6) is -0.654. The highest BCUT2D eigenvalue weighted by Crippen LogP contribution is 2.21. The van der Waals surface area contributed by atoms with E-state index >= 15 is 0 Å². The van der Waals surface area contributed by atoms with Gasteiger partial charge in [0.15, 0.2) is 0 Å². The number of aromatic nitrogens is 2. The maximum Gasteiger partial charge on any atom is 0.287 e. The number of rotatable bonds is 3. The summed E-state index contributed by atoms with van der Waals surface area (Å²) in [6.45, 7) is -0.288. The zero-order chi connectivity index (χ0) is 14.9. The number of nitro groups is 1. The number of hydrogen-bond acceptors (Lipinski definition) is 4. The molecular formula is C11H6Cl2FN3O3. The van der Waals surface area contributed by atoms with Crippen molar-refractivity contribution in [1.29, 1.82) is 0 Å².